The van der Waals surface area contributed by atoms with Gasteiger partial charge in [0.15, 0.2) is 11.6 Å². The Morgan fingerprint density at radius 2 is 1.87 bits per heavy atom. The lowest BCUT2D eigenvalue weighted by molar-refractivity contribution is -0.141. The van der Waals surface area contributed by atoms with E-state index < -0.39 is 23.6 Å². The molecule has 2 atom stereocenters. The number of nitrogens with zero attached hydrogens (tertiary/aromatic N) is 2. The zero-order valence-electron chi connectivity index (χ0n) is 16.2. The van der Waals surface area contributed by atoms with Gasteiger partial charge in [0.25, 0.3) is 5.91 Å². The number of aromatic nitrogens is 2. The van der Waals surface area contributed by atoms with Crippen LogP contribution in [0.3, 0.4) is 0 Å². The molecule has 30 heavy (non-hydrogen) atoms. The van der Waals surface area contributed by atoms with Crippen molar-refractivity contribution in [1.82, 2.24) is 15.3 Å². The van der Waals surface area contributed by atoms with Crippen LogP contribution in [-0.4, -0.2) is 35.0 Å². The van der Waals surface area contributed by atoms with Crippen molar-refractivity contribution in [2.45, 2.75) is 43.9 Å². The number of halogens is 4. The summed E-state index contributed by atoms with van der Waals surface area (Å²) in [6.45, 7) is 0. The zero-order chi connectivity index (χ0) is 21.9. The highest BCUT2D eigenvalue weighted by molar-refractivity contribution is 5.98. The molecule has 0 saturated heterocycles. The molecule has 11 heteroatoms. The third-order valence-corrected chi connectivity index (χ3v) is 5.02. The molecule has 0 aromatic carbocycles. The molecule has 0 bridgehead atoms. The Labute approximate surface area is 170 Å². The van der Waals surface area contributed by atoms with Crippen molar-refractivity contribution in [2.75, 3.05) is 17.7 Å². The summed E-state index contributed by atoms with van der Waals surface area (Å²) < 4.78 is 52.6. The van der Waals surface area contributed by atoms with Crippen molar-refractivity contribution in [1.29, 1.82) is 0 Å². The molecule has 0 spiro atoms. The van der Waals surface area contributed by atoms with Crippen molar-refractivity contribution in [3.63, 3.8) is 0 Å². The third-order valence-electron chi connectivity index (χ3n) is 5.02. The molecule has 7 nitrogen and oxygen atoms in total. The number of hydrogen-bond acceptors (Lipinski definition) is 6. The average molecular weight is 426 g/mol. The topological polar surface area (TPSA) is 105 Å². The van der Waals surface area contributed by atoms with Gasteiger partial charge in [-0.25, -0.2) is 14.4 Å². The number of nitrogens with two attached hydrogens (primary N) is 1. The number of carbonyl (C=O) groups is 1. The van der Waals surface area contributed by atoms with E-state index in [1.165, 1.54) is 0 Å². The Morgan fingerprint density at radius 3 is 2.43 bits per heavy atom. The lowest BCUT2D eigenvalue weighted by Gasteiger charge is -2.32. The first-order chi connectivity index (χ1) is 14.2. The second kappa shape index (κ2) is 8.82. The minimum absolute atomic E-state index is 0.0641. The maximum absolute atomic E-state index is 14.6. The highest BCUT2D eigenvalue weighted by Crippen LogP contribution is 2.30. The Hall–Kier alpha value is -2.95. The number of rotatable bonds is 6. The lowest BCUT2D eigenvalue weighted by Crippen LogP contribution is -2.45. The van der Waals surface area contributed by atoms with Crippen molar-refractivity contribution in [3.8, 4) is 0 Å². The number of hydrogen-bond donors (Lipinski definition) is 4. The van der Waals surface area contributed by atoms with Crippen molar-refractivity contribution in [3.05, 3.63) is 41.5 Å². The van der Waals surface area contributed by atoms with Gasteiger partial charge in [-0.2, -0.15) is 13.2 Å². The summed E-state index contributed by atoms with van der Waals surface area (Å²) in [6.07, 6.45) is 0.163. The molecule has 1 unspecified atom stereocenters. The molecule has 5 N–H and O–H groups in total. The molecule has 1 aliphatic carbocycles. The normalized spacial score (nSPS) is 19.4. The minimum atomic E-state index is -4.58. The van der Waals surface area contributed by atoms with Crippen LogP contribution in [0.15, 0.2) is 24.4 Å². The van der Waals surface area contributed by atoms with E-state index in [1.807, 2.05) is 7.05 Å². The molecule has 0 aliphatic heterocycles. The first-order valence-corrected chi connectivity index (χ1v) is 9.43. The smallest absolute Gasteiger partial charge is 0.365 e. The molecular weight excluding hydrogens is 404 g/mol. The number of anilines is 3. The van der Waals surface area contributed by atoms with E-state index in [2.05, 4.69) is 25.9 Å². The van der Waals surface area contributed by atoms with Gasteiger partial charge < -0.3 is 21.7 Å². The van der Waals surface area contributed by atoms with E-state index in [9.17, 15) is 22.4 Å². The molecule has 1 fully saturated rings. The highest BCUT2D eigenvalue weighted by Gasteiger charge is 2.32. The fourth-order valence-corrected chi connectivity index (χ4v) is 3.47. The molecule has 3 rings (SSSR count). The van der Waals surface area contributed by atoms with E-state index in [4.69, 9.17) is 5.73 Å². The van der Waals surface area contributed by atoms with Crippen LogP contribution >= 0.6 is 0 Å². The van der Waals surface area contributed by atoms with Crippen molar-refractivity contribution >= 4 is 23.2 Å². The van der Waals surface area contributed by atoms with Gasteiger partial charge in [-0.15, -0.1) is 0 Å². The number of primary amides is 1. The van der Waals surface area contributed by atoms with Gasteiger partial charge >= 0.3 is 6.18 Å². The van der Waals surface area contributed by atoms with Gasteiger partial charge in [0.05, 0.1) is 17.4 Å². The lowest BCUT2D eigenvalue weighted by atomic mass is 9.90. The first kappa shape index (κ1) is 21.8. The number of likely N-dealkylation sites (N-methyl/N-ethyl adjacent to an activating group) is 1. The standard InChI is InChI=1S/C19H22F4N6O/c1-25-13-4-2-3-5-14(13)28-18-12(20)8-11(16(24)30)17(29-18)27-10-6-7-15(26-9-10)19(21,22)23/h6-9,13-14,25H,2-5H2,1H3,(H2,24,30)(H2,27,28,29)/t13?,14-/m1/s1. The Morgan fingerprint density at radius 1 is 1.17 bits per heavy atom. The summed E-state index contributed by atoms with van der Waals surface area (Å²) in [6, 6.07) is 2.94. The Kier molecular flexibility index (Phi) is 6.40. The molecule has 1 aliphatic rings. The van der Waals surface area contributed by atoms with Crippen LogP contribution < -0.4 is 21.7 Å². The largest absolute Gasteiger partial charge is 0.433 e. The molecule has 2 aromatic heterocycles. The van der Waals surface area contributed by atoms with Crippen LogP contribution in [-0.2, 0) is 6.18 Å². The molecule has 2 aromatic rings. The van der Waals surface area contributed by atoms with Gasteiger partial charge in [0.2, 0.25) is 0 Å². The quantitative estimate of drug-likeness (QED) is 0.528. The number of amides is 1. The number of pyridine rings is 2. The van der Waals surface area contributed by atoms with Crippen molar-refractivity contribution < 1.29 is 22.4 Å². The van der Waals surface area contributed by atoms with Crippen LogP contribution in [0.5, 0.6) is 0 Å². The van der Waals surface area contributed by atoms with E-state index in [0.717, 1.165) is 50.1 Å². The predicted molar refractivity (Wildman–Crippen MR) is 104 cm³/mol. The van der Waals surface area contributed by atoms with E-state index in [0.29, 0.717) is 0 Å². The third kappa shape index (κ3) is 4.96. The molecule has 162 valence electrons. The van der Waals surface area contributed by atoms with Gasteiger partial charge in [0.1, 0.15) is 11.5 Å². The molecule has 1 saturated carbocycles. The van der Waals surface area contributed by atoms with Gasteiger partial charge in [-0.1, -0.05) is 12.8 Å². The maximum Gasteiger partial charge on any atom is 0.433 e. The predicted octanol–water partition coefficient (Wildman–Crippen LogP) is 3.42. The fraction of sp³-hybridized carbons (Fsp3) is 0.421. The molecule has 2 heterocycles. The highest BCUT2D eigenvalue weighted by atomic mass is 19.4. The van der Waals surface area contributed by atoms with Gasteiger partial charge in [0, 0.05) is 12.1 Å². The molecule has 0 radical (unpaired) electrons. The average Bonchev–Trinajstić information content (AvgIpc) is 2.70. The second-order valence-electron chi connectivity index (χ2n) is 7.06. The van der Waals surface area contributed by atoms with E-state index in [1.54, 1.807) is 0 Å². The number of alkyl halides is 3. The summed E-state index contributed by atoms with van der Waals surface area (Å²) in [5.74, 6) is -1.83. The van der Waals surface area contributed by atoms with Crippen molar-refractivity contribution in [2.24, 2.45) is 5.73 Å². The minimum Gasteiger partial charge on any atom is -0.365 e. The summed E-state index contributed by atoms with van der Waals surface area (Å²) in [7, 11) is 1.83. The summed E-state index contributed by atoms with van der Waals surface area (Å²) >= 11 is 0. The Balaban J connectivity index is 1.89. The first-order valence-electron chi connectivity index (χ1n) is 9.43. The van der Waals surface area contributed by atoms with Crippen LogP contribution in [0.2, 0.25) is 0 Å². The second-order valence-corrected chi connectivity index (χ2v) is 7.06. The number of nitrogens with one attached hydrogen (secondary N) is 3. The number of carbonyl (C=O) groups excluding carboxylic acids is 1. The summed E-state index contributed by atoms with van der Waals surface area (Å²) in [5.41, 5.74) is 4.16. The Bertz CT molecular complexity index is 903. The van der Waals surface area contributed by atoms with Crippen LogP contribution in [0.4, 0.5) is 34.9 Å². The van der Waals surface area contributed by atoms with Crippen LogP contribution in [0, 0.1) is 5.82 Å². The zero-order valence-corrected chi connectivity index (χ0v) is 16.2. The van der Waals surface area contributed by atoms with E-state index >= 15 is 0 Å². The SMILES string of the molecule is CNC1CCCC[C@H]1Nc1nc(Nc2ccc(C(F)(F)F)nc2)c(C(N)=O)cc1F. The summed E-state index contributed by atoms with van der Waals surface area (Å²) in [5, 5.41) is 8.96. The monoisotopic (exact) mass is 426 g/mol. The van der Waals surface area contributed by atoms with Crippen LogP contribution in [0.25, 0.3) is 0 Å². The van der Waals surface area contributed by atoms with Crippen LogP contribution in [0.1, 0.15) is 41.7 Å². The fourth-order valence-electron chi connectivity index (χ4n) is 3.47. The van der Waals surface area contributed by atoms with E-state index in [-0.39, 0.29) is 35.0 Å². The van der Waals surface area contributed by atoms with Gasteiger partial charge in [-0.05, 0) is 38.1 Å². The maximum atomic E-state index is 14.6. The van der Waals surface area contributed by atoms with Gasteiger partial charge in [-0.3, -0.25) is 4.79 Å². The molecule has 1 amide bonds. The molecular formula is C19H22F4N6O. The summed E-state index contributed by atoms with van der Waals surface area (Å²) in [4.78, 5) is 19.2.